The zero-order valence-electron chi connectivity index (χ0n) is 20.7. The summed E-state index contributed by atoms with van der Waals surface area (Å²) in [6.07, 6.45) is 1.80. The van der Waals surface area contributed by atoms with Gasteiger partial charge in [0.25, 0.3) is 5.91 Å². The Balaban J connectivity index is 1.51. The Morgan fingerprint density at radius 1 is 0.722 bits per heavy atom. The van der Waals surface area contributed by atoms with Crippen LogP contribution in [0.5, 0.6) is 0 Å². The van der Waals surface area contributed by atoms with Gasteiger partial charge in [-0.15, -0.1) is 11.3 Å². The van der Waals surface area contributed by atoms with Crippen molar-refractivity contribution in [1.29, 1.82) is 0 Å². The highest BCUT2D eigenvalue weighted by Gasteiger charge is 2.23. The number of hydrogen-bond acceptors (Lipinski definition) is 3. The maximum atomic E-state index is 13.6. The zero-order chi connectivity index (χ0) is 25.2. The minimum absolute atomic E-state index is 0.0439. The Kier molecular flexibility index (Phi) is 9.06. The fourth-order valence-corrected chi connectivity index (χ4v) is 4.83. The SMILES string of the molecule is CCCCN(CC(=O)N(Cc1ccccc1)Cc1cccs1)C(=O)c1ccc(-c2ccccc2)cc1. The van der Waals surface area contributed by atoms with Gasteiger partial charge in [-0.05, 0) is 46.7 Å². The molecule has 0 aliphatic rings. The van der Waals surface area contributed by atoms with Gasteiger partial charge in [-0.1, -0.05) is 92.2 Å². The monoisotopic (exact) mass is 496 g/mol. The molecular formula is C31H32N2O2S. The lowest BCUT2D eigenvalue weighted by Gasteiger charge is -2.28. The van der Waals surface area contributed by atoms with Crippen molar-refractivity contribution in [2.45, 2.75) is 32.9 Å². The van der Waals surface area contributed by atoms with E-state index < -0.39 is 0 Å². The smallest absolute Gasteiger partial charge is 0.254 e. The normalized spacial score (nSPS) is 10.7. The van der Waals surface area contributed by atoms with E-state index in [1.807, 2.05) is 95.2 Å². The third-order valence-corrected chi connectivity index (χ3v) is 6.99. The van der Waals surface area contributed by atoms with E-state index in [0.717, 1.165) is 34.4 Å². The standard InChI is InChI=1S/C31H32N2O2S/c1-2-3-20-32(31(35)28-18-16-27(17-19-28)26-13-8-5-9-14-26)24-30(34)33(23-29-15-10-21-36-29)22-25-11-6-4-7-12-25/h4-19,21H,2-3,20,22-24H2,1H3. The number of hydrogen-bond donors (Lipinski definition) is 0. The van der Waals surface area contributed by atoms with E-state index in [1.165, 1.54) is 0 Å². The lowest BCUT2D eigenvalue weighted by Crippen LogP contribution is -2.42. The summed E-state index contributed by atoms with van der Waals surface area (Å²) in [6, 6.07) is 31.8. The molecule has 0 radical (unpaired) electrons. The maximum Gasteiger partial charge on any atom is 0.254 e. The van der Waals surface area contributed by atoms with E-state index in [1.54, 1.807) is 16.2 Å². The number of benzene rings is 3. The summed E-state index contributed by atoms with van der Waals surface area (Å²) in [5.41, 5.74) is 3.85. The summed E-state index contributed by atoms with van der Waals surface area (Å²) in [7, 11) is 0. The molecule has 0 atom stereocenters. The van der Waals surface area contributed by atoms with Gasteiger partial charge in [0.05, 0.1) is 6.54 Å². The molecule has 0 saturated carbocycles. The highest BCUT2D eigenvalue weighted by molar-refractivity contribution is 7.09. The van der Waals surface area contributed by atoms with Gasteiger partial charge >= 0.3 is 0 Å². The molecule has 0 unspecified atom stereocenters. The van der Waals surface area contributed by atoms with Crippen molar-refractivity contribution >= 4 is 23.2 Å². The van der Waals surface area contributed by atoms with Gasteiger partial charge in [-0.2, -0.15) is 0 Å². The molecule has 0 aliphatic heterocycles. The van der Waals surface area contributed by atoms with Gasteiger partial charge in [0.2, 0.25) is 5.91 Å². The summed E-state index contributed by atoms with van der Waals surface area (Å²) in [5, 5.41) is 2.02. The average molecular weight is 497 g/mol. The molecule has 4 nitrogen and oxygen atoms in total. The van der Waals surface area contributed by atoms with E-state index >= 15 is 0 Å². The molecule has 0 N–H and O–H groups in total. The molecule has 2 amide bonds. The number of carbonyl (C=O) groups excluding carboxylic acids is 2. The van der Waals surface area contributed by atoms with Crippen molar-refractivity contribution < 1.29 is 9.59 Å². The van der Waals surface area contributed by atoms with Gasteiger partial charge in [0.1, 0.15) is 6.54 Å². The van der Waals surface area contributed by atoms with Gasteiger partial charge in [0, 0.05) is 23.5 Å². The largest absolute Gasteiger partial charge is 0.332 e. The molecular weight excluding hydrogens is 464 g/mol. The van der Waals surface area contributed by atoms with Gasteiger partial charge in [0.15, 0.2) is 0 Å². The Morgan fingerprint density at radius 3 is 2.03 bits per heavy atom. The topological polar surface area (TPSA) is 40.6 Å². The van der Waals surface area contributed by atoms with Crippen LogP contribution in [0.3, 0.4) is 0 Å². The number of rotatable bonds is 11. The van der Waals surface area contributed by atoms with Crippen LogP contribution in [0.15, 0.2) is 102 Å². The first-order chi connectivity index (χ1) is 17.6. The Morgan fingerprint density at radius 2 is 1.39 bits per heavy atom. The first-order valence-corrected chi connectivity index (χ1v) is 13.3. The number of nitrogens with zero attached hydrogens (tertiary/aromatic N) is 2. The molecule has 0 fully saturated rings. The number of carbonyl (C=O) groups is 2. The van der Waals surface area contributed by atoms with Crippen LogP contribution < -0.4 is 0 Å². The highest BCUT2D eigenvalue weighted by atomic mass is 32.1. The molecule has 1 aromatic heterocycles. The Labute approximate surface area is 217 Å². The first-order valence-electron chi connectivity index (χ1n) is 12.4. The molecule has 36 heavy (non-hydrogen) atoms. The van der Waals surface area contributed by atoms with Crippen molar-refractivity contribution in [2.75, 3.05) is 13.1 Å². The van der Waals surface area contributed by atoms with Gasteiger partial charge in [-0.25, -0.2) is 0 Å². The molecule has 3 aromatic carbocycles. The molecule has 0 aliphatic carbocycles. The van der Waals surface area contributed by atoms with Crippen molar-refractivity contribution in [3.05, 3.63) is 118 Å². The summed E-state index contributed by atoms with van der Waals surface area (Å²) < 4.78 is 0. The fourth-order valence-electron chi connectivity index (χ4n) is 4.11. The summed E-state index contributed by atoms with van der Waals surface area (Å²) in [4.78, 5) is 31.7. The zero-order valence-corrected chi connectivity index (χ0v) is 21.5. The number of thiophene rings is 1. The molecule has 0 bridgehead atoms. The predicted octanol–water partition coefficient (Wildman–Crippen LogP) is 6.89. The van der Waals surface area contributed by atoms with Crippen LogP contribution in [0.2, 0.25) is 0 Å². The first kappa shape index (κ1) is 25.4. The van der Waals surface area contributed by atoms with E-state index in [2.05, 4.69) is 19.1 Å². The average Bonchev–Trinajstić information content (AvgIpc) is 3.44. The third-order valence-electron chi connectivity index (χ3n) is 6.13. The minimum Gasteiger partial charge on any atom is -0.332 e. The minimum atomic E-state index is -0.104. The fraction of sp³-hybridized carbons (Fsp3) is 0.226. The van der Waals surface area contributed by atoms with Crippen molar-refractivity contribution in [1.82, 2.24) is 9.80 Å². The third kappa shape index (κ3) is 6.92. The maximum absolute atomic E-state index is 13.6. The number of amides is 2. The second kappa shape index (κ2) is 12.8. The molecule has 4 aromatic rings. The summed E-state index contributed by atoms with van der Waals surface area (Å²) in [6.45, 7) is 3.76. The molecule has 4 rings (SSSR count). The quantitative estimate of drug-likeness (QED) is 0.227. The molecule has 0 saturated heterocycles. The van der Waals surface area contributed by atoms with Crippen LogP contribution in [-0.4, -0.2) is 34.7 Å². The van der Waals surface area contributed by atoms with Crippen LogP contribution in [0.4, 0.5) is 0 Å². The van der Waals surface area contributed by atoms with E-state index in [0.29, 0.717) is 25.2 Å². The van der Waals surface area contributed by atoms with Crippen LogP contribution in [0, 0.1) is 0 Å². The van der Waals surface area contributed by atoms with Crippen LogP contribution >= 0.6 is 11.3 Å². The lowest BCUT2D eigenvalue weighted by molar-refractivity contribution is -0.133. The van der Waals surface area contributed by atoms with Gasteiger partial charge < -0.3 is 9.80 Å². The van der Waals surface area contributed by atoms with E-state index in [-0.39, 0.29) is 18.4 Å². The second-order valence-corrected chi connectivity index (χ2v) is 9.87. The predicted molar refractivity (Wildman–Crippen MR) is 148 cm³/mol. The van der Waals surface area contributed by atoms with Crippen LogP contribution in [0.25, 0.3) is 11.1 Å². The second-order valence-electron chi connectivity index (χ2n) is 8.84. The van der Waals surface area contributed by atoms with Gasteiger partial charge in [-0.3, -0.25) is 9.59 Å². The molecule has 184 valence electrons. The number of unbranched alkanes of at least 4 members (excludes halogenated alkanes) is 1. The summed E-state index contributed by atoms with van der Waals surface area (Å²) in [5.74, 6) is -0.148. The molecule has 1 heterocycles. The summed E-state index contributed by atoms with van der Waals surface area (Å²) >= 11 is 1.64. The van der Waals surface area contributed by atoms with E-state index in [9.17, 15) is 9.59 Å². The van der Waals surface area contributed by atoms with Crippen molar-refractivity contribution in [2.24, 2.45) is 0 Å². The molecule has 5 heteroatoms. The van der Waals surface area contributed by atoms with E-state index in [4.69, 9.17) is 0 Å². The molecule has 0 spiro atoms. The highest BCUT2D eigenvalue weighted by Crippen LogP contribution is 2.20. The Hall–Kier alpha value is -3.70. The van der Waals surface area contributed by atoms with Crippen molar-refractivity contribution in [3.8, 4) is 11.1 Å². The van der Waals surface area contributed by atoms with Crippen LogP contribution in [0.1, 0.15) is 40.6 Å². The van der Waals surface area contributed by atoms with Crippen molar-refractivity contribution in [3.63, 3.8) is 0 Å². The lowest BCUT2D eigenvalue weighted by atomic mass is 10.0. The Bertz CT molecular complexity index is 1220. The van der Waals surface area contributed by atoms with Crippen LogP contribution in [-0.2, 0) is 17.9 Å².